The lowest BCUT2D eigenvalue weighted by atomic mass is 10.3. The van der Waals surface area contributed by atoms with Crippen molar-refractivity contribution < 1.29 is 18.3 Å². The van der Waals surface area contributed by atoms with Gasteiger partial charge in [0.1, 0.15) is 18.0 Å². The minimum absolute atomic E-state index is 0.126. The molecule has 0 heterocycles. The summed E-state index contributed by atoms with van der Waals surface area (Å²) >= 11 is 0. The summed E-state index contributed by atoms with van der Waals surface area (Å²) in [5, 5.41) is 0. The van der Waals surface area contributed by atoms with Crippen LogP contribution in [0.15, 0.2) is 12.1 Å². The first-order valence-corrected chi connectivity index (χ1v) is 4.02. The first-order chi connectivity index (χ1) is 6.66. The molecule has 14 heavy (non-hydrogen) atoms. The predicted molar refractivity (Wildman–Crippen MR) is 48.1 cm³/mol. The molecule has 0 radical (unpaired) electrons. The average Bonchev–Trinajstić information content (AvgIpc) is 2.18. The molecule has 0 saturated heterocycles. The van der Waals surface area contributed by atoms with E-state index in [-0.39, 0.29) is 18.0 Å². The number of ether oxygens (including phenoxy) is 2. The second-order valence-corrected chi connectivity index (χ2v) is 2.61. The van der Waals surface area contributed by atoms with Crippen molar-refractivity contribution in [2.75, 3.05) is 26.1 Å². The number of hydrogen-bond acceptors (Lipinski definition) is 3. The van der Waals surface area contributed by atoms with Crippen molar-refractivity contribution in [2.45, 2.75) is 0 Å². The number of nitrogen functional groups attached to an aromatic ring is 1. The summed E-state index contributed by atoms with van der Waals surface area (Å²) in [6.45, 7) is 0.601. The monoisotopic (exact) mass is 203 g/mol. The van der Waals surface area contributed by atoms with Crippen LogP contribution in [0.4, 0.5) is 14.5 Å². The van der Waals surface area contributed by atoms with Crippen molar-refractivity contribution in [1.82, 2.24) is 0 Å². The average molecular weight is 203 g/mol. The predicted octanol–water partition coefficient (Wildman–Crippen LogP) is 1.57. The lowest BCUT2D eigenvalue weighted by molar-refractivity contribution is 0.146. The van der Waals surface area contributed by atoms with Gasteiger partial charge in [0, 0.05) is 7.11 Å². The molecular weight excluding hydrogens is 192 g/mol. The van der Waals surface area contributed by atoms with Crippen LogP contribution in [-0.2, 0) is 4.74 Å². The van der Waals surface area contributed by atoms with Crippen LogP contribution in [0.3, 0.4) is 0 Å². The Kier molecular flexibility index (Phi) is 3.64. The van der Waals surface area contributed by atoms with Crippen LogP contribution < -0.4 is 10.5 Å². The number of rotatable bonds is 4. The van der Waals surface area contributed by atoms with E-state index in [4.69, 9.17) is 15.2 Å². The molecule has 0 spiro atoms. The molecule has 1 rings (SSSR count). The Hall–Kier alpha value is -1.36. The fourth-order valence-corrected chi connectivity index (χ4v) is 0.909. The van der Waals surface area contributed by atoms with Crippen LogP contribution in [0, 0.1) is 11.6 Å². The van der Waals surface area contributed by atoms with E-state index in [1.54, 1.807) is 0 Å². The van der Waals surface area contributed by atoms with Gasteiger partial charge in [-0.3, -0.25) is 0 Å². The topological polar surface area (TPSA) is 44.5 Å². The maximum atomic E-state index is 12.9. The maximum absolute atomic E-state index is 12.9. The maximum Gasteiger partial charge on any atom is 0.185 e. The molecule has 0 bridgehead atoms. The normalized spacial score (nSPS) is 10.2. The van der Waals surface area contributed by atoms with Gasteiger partial charge in [-0.25, -0.2) is 8.78 Å². The molecule has 0 aliphatic rings. The Morgan fingerprint density at radius 1 is 1.29 bits per heavy atom. The van der Waals surface area contributed by atoms with E-state index in [0.29, 0.717) is 6.61 Å². The molecule has 2 N–H and O–H groups in total. The SMILES string of the molecule is COCCOc1ccc(F)c(F)c1N. The van der Waals surface area contributed by atoms with E-state index in [2.05, 4.69) is 0 Å². The lowest BCUT2D eigenvalue weighted by Gasteiger charge is -2.08. The van der Waals surface area contributed by atoms with Gasteiger partial charge in [-0.05, 0) is 12.1 Å². The van der Waals surface area contributed by atoms with Gasteiger partial charge >= 0.3 is 0 Å². The van der Waals surface area contributed by atoms with E-state index >= 15 is 0 Å². The molecule has 0 atom stereocenters. The molecule has 5 heteroatoms. The highest BCUT2D eigenvalue weighted by Crippen LogP contribution is 2.25. The van der Waals surface area contributed by atoms with Crippen LogP contribution in [-0.4, -0.2) is 20.3 Å². The second kappa shape index (κ2) is 4.76. The third kappa shape index (κ3) is 2.32. The Balaban J connectivity index is 2.73. The van der Waals surface area contributed by atoms with Gasteiger partial charge in [0.15, 0.2) is 11.6 Å². The smallest absolute Gasteiger partial charge is 0.185 e. The molecule has 0 aliphatic carbocycles. The summed E-state index contributed by atoms with van der Waals surface area (Å²) in [5.41, 5.74) is 4.97. The lowest BCUT2D eigenvalue weighted by Crippen LogP contribution is -2.07. The third-order valence-electron chi connectivity index (χ3n) is 1.64. The molecule has 0 aromatic heterocycles. The second-order valence-electron chi connectivity index (χ2n) is 2.61. The van der Waals surface area contributed by atoms with Gasteiger partial charge in [0.2, 0.25) is 0 Å². The van der Waals surface area contributed by atoms with Crippen molar-refractivity contribution in [3.05, 3.63) is 23.8 Å². The summed E-state index contributed by atoms with van der Waals surface area (Å²) in [5.74, 6) is -1.94. The highest BCUT2D eigenvalue weighted by Gasteiger charge is 2.10. The van der Waals surface area contributed by atoms with E-state index in [0.717, 1.165) is 6.07 Å². The van der Waals surface area contributed by atoms with Crippen LogP contribution in [0.25, 0.3) is 0 Å². The number of benzene rings is 1. The van der Waals surface area contributed by atoms with Gasteiger partial charge in [-0.15, -0.1) is 0 Å². The fraction of sp³-hybridized carbons (Fsp3) is 0.333. The summed E-state index contributed by atoms with van der Waals surface area (Å²) in [6, 6.07) is 2.25. The standard InChI is InChI=1S/C9H11F2NO2/c1-13-4-5-14-7-3-2-6(10)8(11)9(7)12/h2-3H,4-5,12H2,1H3. The molecule has 0 amide bonds. The quantitative estimate of drug-likeness (QED) is 0.596. The third-order valence-corrected chi connectivity index (χ3v) is 1.64. The molecular formula is C9H11F2NO2. The van der Waals surface area contributed by atoms with Gasteiger partial charge in [0.05, 0.1) is 6.61 Å². The zero-order valence-electron chi connectivity index (χ0n) is 7.72. The molecule has 0 aliphatic heterocycles. The highest BCUT2D eigenvalue weighted by atomic mass is 19.2. The number of nitrogens with two attached hydrogens (primary N) is 1. The first kappa shape index (κ1) is 10.7. The highest BCUT2D eigenvalue weighted by molar-refractivity contribution is 5.53. The summed E-state index contributed by atoms with van der Waals surface area (Å²) in [4.78, 5) is 0. The molecule has 3 nitrogen and oxygen atoms in total. The van der Waals surface area contributed by atoms with Gasteiger partial charge in [-0.1, -0.05) is 0 Å². The Morgan fingerprint density at radius 3 is 2.64 bits per heavy atom. The van der Waals surface area contributed by atoms with E-state index in [9.17, 15) is 8.78 Å². The van der Waals surface area contributed by atoms with Gasteiger partial charge in [-0.2, -0.15) is 0 Å². The summed E-state index contributed by atoms with van der Waals surface area (Å²) < 4.78 is 35.3. The zero-order valence-corrected chi connectivity index (χ0v) is 7.72. The van der Waals surface area contributed by atoms with Crippen molar-refractivity contribution in [2.24, 2.45) is 0 Å². The van der Waals surface area contributed by atoms with Crippen LogP contribution in [0.1, 0.15) is 0 Å². The van der Waals surface area contributed by atoms with Crippen molar-refractivity contribution >= 4 is 5.69 Å². The molecule has 0 saturated carbocycles. The van der Waals surface area contributed by atoms with Gasteiger partial charge < -0.3 is 15.2 Å². The largest absolute Gasteiger partial charge is 0.489 e. The molecule has 1 aromatic carbocycles. The number of anilines is 1. The van der Waals surface area contributed by atoms with Crippen LogP contribution in [0.5, 0.6) is 5.75 Å². The Bertz CT molecular complexity index is 318. The van der Waals surface area contributed by atoms with Crippen molar-refractivity contribution in [1.29, 1.82) is 0 Å². The molecule has 78 valence electrons. The van der Waals surface area contributed by atoms with Crippen LogP contribution in [0.2, 0.25) is 0 Å². The van der Waals surface area contributed by atoms with Crippen LogP contribution >= 0.6 is 0 Å². The number of halogens is 2. The molecule has 1 aromatic rings. The summed E-state index contributed by atoms with van der Waals surface area (Å²) in [7, 11) is 1.51. The number of methoxy groups -OCH3 is 1. The summed E-state index contributed by atoms with van der Waals surface area (Å²) in [6.07, 6.45) is 0. The number of hydrogen-bond donors (Lipinski definition) is 1. The zero-order chi connectivity index (χ0) is 10.6. The fourth-order valence-electron chi connectivity index (χ4n) is 0.909. The van der Waals surface area contributed by atoms with Crippen molar-refractivity contribution in [3.63, 3.8) is 0 Å². The van der Waals surface area contributed by atoms with E-state index in [1.807, 2.05) is 0 Å². The van der Waals surface area contributed by atoms with E-state index in [1.165, 1.54) is 13.2 Å². The van der Waals surface area contributed by atoms with Crippen molar-refractivity contribution in [3.8, 4) is 5.75 Å². The minimum atomic E-state index is -1.08. The Labute approximate surface area is 80.4 Å². The first-order valence-electron chi connectivity index (χ1n) is 4.02. The van der Waals surface area contributed by atoms with Gasteiger partial charge in [0.25, 0.3) is 0 Å². The molecule has 0 unspecified atom stereocenters. The Morgan fingerprint density at radius 2 is 2.00 bits per heavy atom. The van der Waals surface area contributed by atoms with E-state index < -0.39 is 11.6 Å². The molecule has 0 fully saturated rings. The minimum Gasteiger partial charge on any atom is -0.489 e.